The molecule has 4 nitrogen and oxygen atoms in total. The molecule has 0 saturated carbocycles. The SMILES string of the molecule is O=C(NCCCCNC(=O)c1ccc(Cl)cc1)c1ccc(Cl)cc1. The van der Waals surface area contributed by atoms with Crippen molar-refractivity contribution >= 4 is 35.0 Å². The average molecular weight is 365 g/mol. The fourth-order valence-electron chi connectivity index (χ4n) is 2.06. The van der Waals surface area contributed by atoms with Crippen molar-refractivity contribution < 1.29 is 9.59 Å². The third kappa shape index (κ3) is 5.87. The lowest BCUT2D eigenvalue weighted by atomic mass is 10.2. The molecule has 2 aromatic rings. The summed E-state index contributed by atoms with van der Waals surface area (Å²) in [6, 6.07) is 13.5. The Morgan fingerprint density at radius 1 is 0.667 bits per heavy atom. The lowest BCUT2D eigenvalue weighted by molar-refractivity contribution is 0.0939. The first-order valence-corrected chi connectivity index (χ1v) is 8.39. The van der Waals surface area contributed by atoms with E-state index in [1.54, 1.807) is 48.5 Å². The summed E-state index contributed by atoms with van der Waals surface area (Å²) in [4.78, 5) is 23.7. The van der Waals surface area contributed by atoms with Gasteiger partial charge < -0.3 is 10.6 Å². The molecule has 0 bridgehead atoms. The van der Waals surface area contributed by atoms with Crippen LogP contribution in [0.1, 0.15) is 33.6 Å². The van der Waals surface area contributed by atoms with Crippen LogP contribution in [0.2, 0.25) is 10.0 Å². The zero-order valence-electron chi connectivity index (χ0n) is 13.0. The number of hydrogen-bond donors (Lipinski definition) is 2. The van der Waals surface area contributed by atoms with E-state index in [1.807, 2.05) is 0 Å². The first kappa shape index (κ1) is 18.3. The summed E-state index contributed by atoms with van der Waals surface area (Å²) in [5, 5.41) is 6.87. The molecule has 0 radical (unpaired) electrons. The second kappa shape index (κ2) is 9.30. The highest BCUT2D eigenvalue weighted by Crippen LogP contribution is 2.10. The van der Waals surface area contributed by atoms with Crippen LogP contribution in [0.4, 0.5) is 0 Å². The van der Waals surface area contributed by atoms with E-state index in [1.165, 1.54) is 0 Å². The normalized spacial score (nSPS) is 10.2. The number of hydrogen-bond acceptors (Lipinski definition) is 2. The first-order chi connectivity index (χ1) is 11.6. The Morgan fingerprint density at radius 2 is 1.00 bits per heavy atom. The molecule has 0 aliphatic carbocycles. The van der Waals surface area contributed by atoms with E-state index < -0.39 is 0 Å². The van der Waals surface area contributed by atoms with Crippen LogP contribution < -0.4 is 10.6 Å². The number of benzene rings is 2. The maximum atomic E-state index is 11.9. The van der Waals surface area contributed by atoms with Crippen LogP contribution in [0.15, 0.2) is 48.5 Å². The summed E-state index contributed by atoms with van der Waals surface area (Å²) in [7, 11) is 0. The lowest BCUT2D eigenvalue weighted by Crippen LogP contribution is -2.27. The summed E-state index contributed by atoms with van der Waals surface area (Å²) in [6.07, 6.45) is 1.56. The highest BCUT2D eigenvalue weighted by molar-refractivity contribution is 6.31. The van der Waals surface area contributed by atoms with E-state index in [9.17, 15) is 9.59 Å². The Kier molecular flexibility index (Phi) is 7.09. The lowest BCUT2D eigenvalue weighted by Gasteiger charge is -2.07. The molecule has 2 amide bonds. The predicted octanol–water partition coefficient (Wildman–Crippen LogP) is 3.93. The molecule has 0 aromatic heterocycles. The van der Waals surface area contributed by atoms with Gasteiger partial charge in [0.05, 0.1) is 0 Å². The summed E-state index contributed by atoms with van der Waals surface area (Å²) >= 11 is 11.6. The molecular weight excluding hydrogens is 347 g/mol. The molecule has 0 heterocycles. The topological polar surface area (TPSA) is 58.2 Å². The molecule has 0 saturated heterocycles. The quantitative estimate of drug-likeness (QED) is 0.731. The number of carbonyl (C=O) groups excluding carboxylic acids is 2. The van der Waals surface area contributed by atoms with Gasteiger partial charge in [0.1, 0.15) is 0 Å². The van der Waals surface area contributed by atoms with E-state index in [2.05, 4.69) is 10.6 Å². The second-order valence-electron chi connectivity index (χ2n) is 5.23. The molecule has 0 atom stereocenters. The molecule has 2 rings (SSSR count). The van der Waals surface area contributed by atoms with Gasteiger partial charge in [0, 0.05) is 34.3 Å². The van der Waals surface area contributed by atoms with Crippen molar-refractivity contribution in [2.24, 2.45) is 0 Å². The number of unbranched alkanes of at least 4 members (excludes halogenated alkanes) is 1. The molecule has 0 aliphatic rings. The van der Waals surface area contributed by atoms with Crippen molar-refractivity contribution in [3.8, 4) is 0 Å². The standard InChI is InChI=1S/C18H18Cl2N2O2/c19-15-7-3-13(4-8-15)17(23)21-11-1-2-12-22-18(24)14-5-9-16(20)10-6-14/h3-10H,1-2,11-12H2,(H,21,23)(H,22,24). The fraction of sp³-hybridized carbons (Fsp3) is 0.222. The van der Waals surface area contributed by atoms with Crippen molar-refractivity contribution in [1.29, 1.82) is 0 Å². The van der Waals surface area contributed by atoms with E-state index in [0.29, 0.717) is 34.3 Å². The van der Waals surface area contributed by atoms with Crippen molar-refractivity contribution in [2.45, 2.75) is 12.8 Å². The van der Waals surface area contributed by atoms with Crippen LogP contribution in [0.5, 0.6) is 0 Å². The number of rotatable bonds is 7. The van der Waals surface area contributed by atoms with Crippen molar-refractivity contribution in [2.75, 3.05) is 13.1 Å². The summed E-state index contributed by atoms with van der Waals surface area (Å²) in [5.41, 5.74) is 1.16. The number of carbonyl (C=O) groups is 2. The average Bonchev–Trinajstić information content (AvgIpc) is 2.58. The minimum atomic E-state index is -0.128. The highest BCUT2D eigenvalue weighted by atomic mass is 35.5. The van der Waals surface area contributed by atoms with Gasteiger partial charge in [-0.15, -0.1) is 0 Å². The molecule has 2 aromatic carbocycles. The molecule has 24 heavy (non-hydrogen) atoms. The van der Waals surface area contributed by atoms with Crippen LogP contribution in [0.3, 0.4) is 0 Å². The third-order valence-electron chi connectivity index (χ3n) is 3.39. The molecule has 0 unspecified atom stereocenters. The maximum absolute atomic E-state index is 11.9. The minimum absolute atomic E-state index is 0.128. The van der Waals surface area contributed by atoms with E-state index in [0.717, 1.165) is 12.8 Å². The molecule has 0 aliphatic heterocycles. The number of halogens is 2. The van der Waals surface area contributed by atoms with Gasteiger partial charge in [-0.25, -0.2) is 0 Å². The Morgan fingerprint density at radius 3 is 1.33 bits per heavy atom. The molecule has 0 fully saturated rings. The second-order valence-corrected chi connectivity index (χ2v) is 6.11. The van der Waals surface area contributed by atoms with Crippen LogP contribution in [-0.2, 0) is 0 Å². The van der Waals surface area contributed by atoms with E-state index in [-0.39, 0.29) is 11.8 Å². The fourth-order valence-corrected chi connectivity index (χ4v) is 2.31. The molecule has 126 valence electrons. The zero-order chi connectivity index (χ0) is 17.4. The Balaban J connectivity index is 1.61. The molecule has 6 heteroatoms. The minimum Gasteiger partial charge on any atom is -0.352 e. The van der Waals surface area contributed by atoms with Gasteiger partial charge in [0.2, 0.25) is 0 Å². The zero-order valence-corrected chi connectivity index (χ0v) is 14.5. The van der Waals surface area contributed by atoms with Gasteiger partial charge in [0.25, 0.3) is 11.8 Å². The van der Waals surface area contributed by atoms with Gasteiger partial charge in [-0.05, 0) is 61.4 Å². The summed E-state index contributed by atoms with van der Waals surface area (Å²) in [5.74, 6) is -0.256. The highest BCUT2D eigenvalue weighted by Gasteiger charge is 2.05. The van der Waals surface area contributed by atoms with Gasteiger partial charge in [-0.2, -0.15) is 0 Å². The smallest absolute Gasteiger partial charge is 0.251 e. The van der Waals surface area contributed by atoms with E-state index in [4.69, 9.17) is 23.2 Å². The summed E-state index contributed by atoms with van der Waals surface area (Å²) in [6.45, 7) is 1.11. The van der Waals surface area contributed by atoms with Crippen molar-refractivity contribution in [3.05, 3.63) is 69.7 Å². The van der Waals surface area contributed by atoms with Gasteiger partial charge in [0.15, 0.2) is 0 Å². The molecule has 0 spiro atoms. The van der Waals surface area contributed by atoms with Crippen LogP contribution in [0, 0.1) is 0 Å². The monoisotopic (exact) mass is 364 g/mol. The molecular formula is C18H18Cl2N2O2. The van der Waals surface area contributed by atoms with Crippen LogP contribution in [0.25, 0.3) is 0 Å². The summed E-state index contributed by atoms with van der Waals surface area (Å²) < 4.78 is 0. The predicted molar refractivity (Wildman–Crippen MR) is 96.8 cm³/mol. The van der Waals surface area contributed by atoms with E-state index >= 15 is 0 Å². The van der Waals surface area contributed by atoms with Crippen molar-refractivity contribution in [1.82, 2.24) is 10.6 Å². The van der Waals surface area contributed by atoms with Gasteiger partial charge in [-0.3, -0.25) is 9.59 Å². The van der Waals surface area contributed by atoms with Crippen molar-refractivity contribution in [3.63, 3.8) is 0 Å². The van der Waals surface area contributed by atoms with Gasteiger partial charge >= 0.3 is 0 Å². The Hall–Kier alpha value is -2.04. The van der Waals surface area contributed by atoms with Gasteiger partial charge in [-0.1, -0.05) is 23.2 Å². The maximum Gasteiger partial charge on any atom is 0.251 e. The Bertz CT molecular complexity index is 624. The largest absolute Gasteiger partial charge is 0.352 e. The number of amides is 2. The number of nitrogens with one attached hydrogen (secondary N) is 2. The van der Waals surface area contributed by atoms with Crippen LogP contribution in [-0.4, -0.2) is 24.9 Å². The molecule has 2 N–H and O–H groups in total. The first-order valence-electron chi connectivity index (χ1n) is 7.64. The third-order valence-corrected chi connectivity index (χ3v) is 3.89. The van der Waals surface area contributed by atoms with Crippen LogP contribution >= 0.6 is 23.2 Å². The Labute approximate surface area is 151 Å².